The number of rotatable bonds is 4. The van der Waals surface area contributed by atoms with Crippen LogP contribution in [0.2, 0.25) is 0 Å². The Morgan fingerprint density at radius 1 is 1.20 bits per heavy atom. The van der Waals surface area contributed by atoms with E-state index in [9.17, 15) is 10.1 Å². The van der Waals surface area contributed by atoms with Crippen LogP contribution >= 0.6 is 0 Å². The van der Waals surface area contributed by atoms with Gasteiger partial charge in [0.1, 0.15) is 0 Å². The second kappa shape index (κ2) is 5.28. The monoisotopic (exact) mass is 276 g/mol. The number of nitrogens with zero attached hydrogens (tertiary/aromatic N) is 3. The molecule has 0 amide bonds. The average molecular weight is 276 g/mol. The van der Waals surface area contributed by atoms with Crippen molar-refractivity contribution >= 4 is 17.1 Å². The Hall–Kier alpha value is -1.82. The number of nitrogen functional groups attached to an aromatic ring is 1. The van der Waals surface area contributed by atoms with Crippen molar-refractivity contribution in [2.75, 3.05) is 43.4 Å². The van der Waals surface area contributed by atoms with Gasteiger partial charge in [0.25, 0.3) is 5.69 Å². The summed E-state index contributed by atoms with van der Waals surface area (Å²) in [6.07, 6.45) is 2.75. The number of nitro benzene ring substituents is 1. The summed E-state index contributed by atoms with van der Waals surface area (Å²) >= 11 is 0. The molecule has 3 rings (SSSR count). The molecule has 0 aromatic heterocycles. The van der Waals surface area contributed by atoms with Crippen LogP contribution in [0.1, 0.15) is 12.8 Å². The van der Waals surface area contributed by atoms with Crippen LogP contribution in [0.5, 0.6) is 0 Å². The van der Waals surface area contributed by atoms with E-state index in [0.717, 1.165) is 37.8 Å². The molecule has 6 heteroatoms. The Labute approximate surface area is 118 Å². The zero-order valence-corrected chi connectivity index (χ0v) is 11.5. The summed E-state index contributed by atoms with van der Waals surface area (Å²) in [6, 6.07) is 4.85. The Kier molecular flexibility index (Phi) is 3.48. The first-order valence-electron chi connectivity index (χ1n) is 7.14. The van der Waals surface area contributed by atoms with Gasteiger partial charge in [-0.3, -0.25) is 15.0 Å². The Bertz CT molecular complexity index is 508. The molecule has 2 aliphatic rings. The number of non-ortho nitro benzene ring substituents is 1. The van der Waals surface area contributed by atoms with Gasteiger partial charge in [-0.1, -0.05) is 0 Å². The van der Waals surface area contributed by atoms with Gasteiger partial charge in [0.2, 0.25) is 0 Å². The van der Waals surface area contributed by atoms with E-state index in [4.69, 9.17) is 5.73 Å². The number of benzene rings is 1. The number of anilines is 2. The lowest BCUT2D eigenvalue weighted by Crippen LogP contribution is -2.47. The van der Waals surface area contributed by atoms with Gasteiger partial charge >= 0.3 is 0 Å². The molecular formula is C14H20N4O2. The molecule has 0 atom stereocenters. The highest BCUT2D eigenvalue weighted by Crippen LogP contribution is 2.31. The van der Waals surface area contributed by atoms with Crippen molar-refractivity contribution in [2.45, 2.75) is 12.8 Å². The van der Waals surface area contributed by atoms with Crippen molar-refractivity contribution in [1.82, 2.24) is 4.90 Å². The van der Waals surface area contributed by atoms with Gasteiger partial charge in [-0.15, -0.1) is 0 Å². The molecule has 1 aromatic rings. The highest BCUT2D eigenvalue weighted by atomic mass is 16.6. The highest BCUT2D eigenvalue weighted by molar-refractivity contribution is 5.62. The van der Waals surface area contributed by atoms with Crippen LogP contribution < -0.4 is 10.6 Å². The van der Waals surface area contributed by atoms with Gasteiger partial charge in [0.05, 0.1) is 4.92 Å². The zero-order valence-electron chi connectivity index (χ0n) is 11.5. The smallest absolute Gasteiger partial charge is 0.273 e. The topological polar surface area (TPSA) is 75.6 Å². The van der Waals surface area contributed by atoms with Crippen LogP contribution in [0.15, 0.2) is 18.2 Å². The zero-order chi connectivity index (χ0) is 14.1. The first kappa shape index (κ1) is 13.2. The molecule has 1 heterocycles. The van der Waals surface area contributed by atoms with Gasteiger partial charge in [-0.25, -0.2) is 0 Å². The lowest BCUT2D eigenvalue weighted by Gasteiger charge is -2.36. The van der Waals surface area contributed by atoms with Crippen LogP contribution in [0, 0.1) is 16.0 Å². The third-order valence-electron chi connectivity index (χ3n) is 4.09. The fourth-order valence-electron chi connectivity index (χ4n) is 2.76. The third-order valence-corrected chi connectivity index (χ3v) is 4.09. The lowest BCUT2D eigenvalue weighted by atomic mass is 10.2. The third kappa shape index (κ3) is 3.01. The average Bonchev–Trinajstić information content (AvgIpc) is 3.23. The van der Waals surface area contributed by atoms with Gasteiger partial charge < -0.3 is 10.6 Å². The maximum absolute atomic E-state index is 10.9. The number of nitro groups is 1. The fourth-order valence-corrected chi connectivity index (χ4v) is 2.76. The standard InChI is InChI=1S/C14H20N4O2/c15-12-7-13(9-14(8-12)18(19)20)17-5-3-16(4-6-17)10-11-1-2-11/h7-9,11H,1-6,10,15H2. The Balaban J connectivity index is 1.66. The summed E-state index contributed by atoms with van der Waals surface area (Å²) in [5.41, 5.74) is 7.15. The summed E-state index contributed by atoms with van der Waals surface area (Å²) < 4.78 is 0. The van der Waals surface area contributed by atoms with Crippen LogP contribution in [0.3, 0.4) is 0 Å². The molecule has 6 nitrogen and oxygen atoms in total. The van der Waals surface area contributed by atoms with E-state index in [2.05, 4.69) is 9.80 Å². The molecule has 1 aliphatic carbocycles. The van der Waals surface area contributed by atoms with Crippen molar-refractivity contribution in [3.63, 3.8) is 0 Å². The molecule has 1 aliphatic heterocycles. The fraction of sp³-hybridized carbons (Fsp3) is 0.571. The van der Waals surface area contributed by atoms with E-state index < -0.39 is 0 Å². The molecular weight excluding hydrogens is 256 g/mol. The number of piperazine rings is 1. The van der Waals surface area contributed by atoms with E-state index in [0.29, 0.717) is 5.69 Å². The largest absolute Gasteiger partial charge is 0.398 e. The predicted octanol–water partition coefficient (Wildman–Crippen LogP) is 1.71. The molecule has 1 saturated heterocycles. The minimum absolute atomic E-state index is 0.0698. The summed E-state index contributed by atoms with van der Waals surface area (Å²) in [6.45, 7) is 5.09. The molecule has 0 unspecified atom stereocenters. The molecule has 20 heavy (non-hydrogen) atoms. The molecule has 0 spiro atoms. The van der Waals surface area contributed by atoms with Gasteiger partial charge in [0, 0.05) is 56.2 Å². The number of hydrogen-bond donors (Lipinski definition) is 1. The second-order valence-electron chi connectivity index (χ2n) is 5.77. The van der Waals surface area contributed by atoms with Crippen LogP contribution in [-0.2, 0) is 0 Å². The molecule has 1 saturated carbocycles. The van der Waals surface area contributed by atoms with Crippen molar-refractivity contribution < 1.29 is 4.92 Å². The normalized spacial score (nSPS) is 20.1. The Morgan fingerprint density at radius 2 is 1.90 bits per heavy atom. The summed E-state index contributed by atoms with van der Waals surface area (Å²) in [5, 5.41) is 10.9. The Morgan fingerprint density at radius 3 is 2.50 bits per heavy atom. The van der Waals surface area contributed by atoms with Gasteiger partial charge in [0.15, 0.2) is 0 Å². The first-order valence-corrected chi connectivity index (χ1v) is 7.14. The first-order chi connectivity index (χ1) is 9.61. The van der Waals surface area contributed by atoms with E-state index >= 15 is 0 Å². The molecule has 0 bridgehead atoms. The number of nitrogens with two attached hydrogens (primary N) is 1. The predicted molar refractivity (Wildman–Crippen MR) is 78.9 cm³/mol. The van der Waals surface area contributed by atoms with Crippen LogP contribution in [0.25, 0.3) is 0 Å². The minimum atomic E-state index is -0.386. The molecule has 2 N–H and O–H groups in total. The highest BCUT2D eigenvalue weighted by Gasteiger charge is 2.26. The van der Waals surface area contributed by atoms with Crippen LogP contribution in [0.4, 0.5) is 17.1 Å². The molecule has 0 radical (unpaired) electrons. The van der Waals surface area contributed by atoms with E-state index in [1.54, 1.807) is 6.07 Å². The quantitative estimate of drug-likeness (QED) is 0.514. The summed E-state index contributed by atoms with van der Waals surface area (Å²) in [5.74, 6) is 0.912. The molecule has 108 valence electrons. The van der Waals surface area contributed by atoms with Crippen molar-refractivity contribution in [3.8, 4) is 0 Å². The SMILES string of the molecule is Nc1cc(N2CCN(CC3CC3)CC2)cc([N+](=O)[O-])c1. The van der Waals surface area contributed by atoms with Crippen molar-refractivity contribution in [1.29, 1.82) is 0 Å². The lowest BCUT2D eigenvalue weighted by molar-refractivity contribution is -0.384. The molecule has 1 aromatic carbocycles. The maximum atomic E-state index is 10.9. The van der Waals surface area contributed by atoms with Crippen molar-refractivity contribution in [3.05, 3.63) is 28.3 Å². The molecule has 2 fully saturated rings. The summed E-state index contributed by atoms with van der Waals surface area (Å²) in [7, 11) is 0. The van der Waals surface area contributed by atoms with Crippen molar-refractivity contribution in [2.24, 2.45) is 5.92 Å². The van der Waals surface area contributed by atoms with Gasteiger partial charge in [-0.05, 0) is 24.8 Å². The minimum Gasteiger partial charge on any atom is -0.398 e. The van der Waals surface area contributed by atoms with E-state index in [1.807, 2.05) is 6.07 Å². The summed E-state index contributed by atoms with van der Waals surface area (Å²) in [4.78, 5) is 15.2. The van der Waals surface area contributed by atoms with Gasteiger partial charge in [-0.2, -0.15) is 0 Å². The van der Waals surface area contributed by atoms with E-state index in [-0.39, 0.29) is 10.6 Å². The van der Waals surface area contributed by atoms with E-state index in [1.165, 1.54) is 25.5 Å². The number of hydrogen-bond acceptors (Lipinski definition) is 5. The van der Waals surface area contributed by atoms with Crippen LogP contribution in [-0.4, -0.2) is 42.5 Å². The second-order valence-corrected chi connectivity index (χ2v) is 5.77. The maximum Gasteiger partial charge on any atom is 0.273 e.